The molecule has 2 saturated carbocycles. The van der Waals surface area contributed by atoms with Gasteiger partial charge >= 0.3 is 12.0 Å². The normalized spacial score (nSPS) is 24.5. The highest BCUT2D eigenvalue weighted by molar-refractivity contribution is 5.95. The number of nitrogens with one attached hydrogen (secondary N) is 1. The molecule has 192 valence electrons. The number of nitrogens with zero attached hydrogens (tertiary/aromatic N) is 1. The first kappa shape index (κ1) is 24.7. The number of rotatable bonds is 5. The van der Waals surface area contributed by atoms with Gasteiger partial charge in [0.25, 0.3) is 0 Å². The minimum absolute atomic E-state index is 0.0199. The van der Waals surface area contributed by atoms with E-state index in [1.54, 1.807) is 0 Å². The van der Waals surface area contributed by atoms with Crippen LogP contribution in [0.25, 0.3) is 11.1 Å². The van der Waals surface area contributed by atoms with Crippen molar-refractivity contribution in [2.75, 3.05) is 11.4 Å². The van der Waals surface area contributed by atoms with Gasteiger partial charge in [0.05, 0.1) is 12.2 Å². The predicted octanol–water partition coefficient (Wildman–Crippen LogP) is 6.73. The average molecular weight is 491 g/mol. The van der Waals surface area contributed by atoms with Crippen molar-refractivity contribution in [3.05, 3.63) is 48.0 Å². The fourth-order valence-electron chi connectivity index (χ4n) is 6.21. The number of hydrogen-bond donors (Lipinski definition) is 2. The van der Waals surface area contributed by atoms with E-state index in [2.05, 4.69) is 41.7 Å². The van der Waals surface area contributed by atoms with Crippen molar-refractivity contribution in [3.63, 3.8) is 0 Å². The molecule has 6 nitrogen and oxygen atoms in total. The predicted molar refractivity (Wildman–Crippen MR) is 142 cm³/mol. The van der Waals surface area contributed by atoms with Crippen molar-refractivity contribution in [1.29, 1.82) is 0 Å². The minimum Gasteiger partial charge on any atom is -0.487 e. The summed E-state index contributed by atoms with van der Waals surface area (Å²) in [6.45, 7) is 2.56. The second-order valence-electron chi connectivity index (χ2n) is 10.9. The molecule has 6 heteroatoms. The van der Waals surface area contributed by atoms with Gasteiger partial charge in [0, 0.05) is 12.5 Å². The number of aliphatic carboxylic acids is 1. The Labute approximate surface area is 214 Å². The Bertz CT molecular complexity index is 1070. The molecule has 1 unspecified atom stereocenters. The average Bonchev–Trinajstić information content (AvgIpc) is 2.88. The Morgan fingerprint density at radius 1 is 0.944 bits per heavy atom. The number of hydrogen-bond acceptors (Lipinski definition) is 3. The van der Waals surface area contributed by atoms with Gasteiger partial charge in [-0.05, 0) is 86.1 Å². The third-order valence-corrected chi connectivity index (χ3v) is 8.22. The van der Waals surface area contributed by atoms with E-state index in [0.717, 1.165) is 61.1 Å². The first-order chi connectivity index (χ1) is 17.5. The van der Waals surface area contributed by atoms with E-state index in [1.807, 2.05) is 17.9 Å². The summed E-state index contributed by atoms with van der Waals surface area (Å²) >= 11 is 0. The SMILES string of the molecule is CC1CN(C(=O)NC2CCCCC2)c2ccc(-c3ccc(C4CCC(CC(=O)O)CC4)cc3)cc2O1. The van der Waals surface area contributed by atoms with E-state index < -0.39 is 5.97 Å². The monoisotopic (exact) mass is 490 g/mol. The molecule has 0 radical (unpaired) electrons. The van der Waals surface area contributed by atoms with Gasteiger partial charge in [0.1, 0.15) is 11.9 Å². The van der Waals surface area contributed by atoms with E-state index >= 15 is 0 Å². The molecule has 36 heavy (non-hydrogen) atoms. The smallest absolute Gasteiger partial charge is 0.322 e. The fraction of sp³-hybridized carbons (Fsp3) is 0.533. The number of amides is 2. The molecule has 2 aromatic rings. The molecule has 0 spiro atoms. The van der Waals surface area contributed by atoms with Gasteiger partial charge in [-0.1, -0.05) is 49.6 Å². The quantitative estimate of drug-likeness (QED) is 0.487. The molecule has 2 aliphatic carbocycles. The molecule has 0 bridgehead atoms. The summed E-state index contributed by atoms with van der Waals surface area (Å²) in [5, 5.41) is 12.3. The first-order valence-electron chi connectivity index (χ1n) is 13.7. The molecule has 1 atom stereocenters. The number of ether oxygens (including phenoxy) is 1. The van der Waals surface area contributed by atoms with Gasteiger partial charge in [-0.15, -0.1) is 0 Å². The molecular formula is C30H38N2O4. The summed E-state index contributed by atoms with van der Waals surface area (Å²) in [5.74, 6) is 0.901. The third kappa shape index (κ3) is 5.69. The van der Waals surface area contributed by atoms with Crippen LogP contribution in [0.3, 0.4) is 0 Å². The van der Waals surface area contributed by atoms with Gasteiger partial charge in [-0.3, -0.25) is 9.69 Å². The highest BCUT2D eigenvalue weighted by Crippen LogP contribution is 2.40. The van der Waals surface area contributed by atoms with E-state index in [9.17, 15) is 9.59 Å². The molecule has 5 rings (SSSR count). The van der Waals surface area contributed by atoms with Crippen LogP contribution in [0.1, 0.15) is 82.6 Å². The van der Waals surface area contributed by atoms with Crippen molar-refractivity contribution in [1.82, 2.24) is 5.32 Å². The number of carboxylic acid groups (broad SMARTS) is 1. The van der Waals surface area contributed by atoms with Crippen molar-refractivity contribution >= 4 is 17.7 Å². The standard InChI is InChI=1S/C30H38N2O4/c1-20-19-32(30(35)31-26-5-3-2-4-6-26)27-16-15-25(18-28(27)36-20)24-13-11-23(12-14-24)22-9-7-21(8-10-22)17-29(33)34/h11-16,18,20-22,26H,2-10,17,19H2,1H3,(H,31,35)(H,33,34). The molecule has 2 amide bonds. The molecule has 0 aromatic heterocycles. The van der Waals surface area contributed by atoms with Gasteiger partial charge in [-0.2, -0.15) is 0 Å². The first-order valence-corrected chi connectivity index (χ1v) is 13.7. The maximum Gasteiger partial charge on any atom is 0.322 e. The molecule has 0 saturated heterocycles. The van der Waals surface area contributed by atoms with E-state index in [4.69, 9.17) is 9.84 Å². The minimum atomic E-state index is -0.681. The van der Waals surface area contributed by atoms with E-state index in [-0.39, 0.29) is 18.2 Å². The van der Waals surface area contributed by atoms with Gasteiger partial charge in [0.2, 0.25) is 0 Å². The van der Waals surface area contributed by atoms with Gasteiger partial charge < -0.3 is 15.2 Å². The Morgan fingerprint density at radius 2 is 1.64 bits per heavy atom. The Balaban J connectivity index is 1.27. The van der Waals surface area contributed by atoms with Crippen LogP contribution in [0.4, 0.5) is 10.5 Å². The van der Waals surface area contributed by atoms with Gasteiger partial charge in [0.15, 0.2) is 0 Å². The van der Waals surface area contributed by atoms with Crippen LogP contribution in [0.5, 0.6) is 5.75 Å². The Kier molecular flexibility index (Phi) is 7.49. The molecule has 1 heterocycles. The molecule has 2 fully saturated rings. The van der Waals surface area contributed by atoms with Crippen LogP contribution >= 0.6 is 0 Å². The van der Waals surface area contributed by atoms with Crippen LogP contribution in [0.15, 0.2) is 42.5 Å². The summed E-state index contributed by atoms with van der Waals surface area (Å²) in [7, 11) is 0. The highest BCUT2D eigenvalue weighted by Gasteiger charge is 2.30. The molecule has 2 aromatic carbocycles. The lowest BCUT2D eigenvalue weighted by atomic mass is 9.77. The topological polar surface area (TPSA) is 78.9 Å². The van der Waals surface area contributed by atoms with Crippen LogP contribution in [0.2, 0.25) is 0 Å². The third-order valence-electron chi connectivity index (χ3n) is 8.22. The van der Waals surface area contributed by atoms with Crippen molar-refractivity contribution in [2.24, 2.45) is 5.92 Å². The molecule has 2 N–H and O–H groups in total. The maximum atomic E-state index is 13.1. The molecular weight excluding hydrogens is 452 g/mol. The molecule has 3 aliphatic rings. The number of benzene rings is 2. The number of anilines is 1. The lowest BCUT2D eigenvalue weighted by molar-refractivity contribution is -0.138. The number of carbonyl (C=O) groups excluding carboxylic acids is 1. The van der Waals surface area contributed by atoms with Crippen molar-refractivity contribution in [3.8, 4) is 16.9 Å². The van der Waals surface area contributed by atoms with Crippen molar-refractivity contribution < 1.29 is 19.4 Å². The van der Waals surface area contributed by atoms with Crippen LogP contribution < -0.4 is 15.0 Å². The van der Waals surface area contributed by atoms with Crippen molar-refractivity contribution in [2.45, 2.75) is 89.2 Å². The number of carbonyl (C=O) groups is 2. The fourth-order valence-corrected chi connectivity index (χ4v) is 6.21. The molecule has 1 aliphatic heterocycles. The summed E-state index contributed by atoms with van der Waals surface area (Å²) in [6.07, 6.45) is 10.1. The summed E-state index contributed by atoms with van der Waals surface area (Å²) < 4.78 is 6.16. The zero-order valence-electron chi connectivity index (χ0n) is 21.2. The Hall–Kier alpha value is -3.02. The van der Waals surface area contributed by atoms with Crippen LogP contribution in [-0.4, -0.2) is 35.8 Å². The second kappa shape index (κ2) is 10.9. The summed E-state index contributed by atoms with van der Waals surface area (Å²) in [6, 6.07) is 15.2. The summed E-state index contributed by atoms with van der Waals surface area (Å²) in [5.41, 5.74) is 4.37. The zero-order chi connectivity index (χ0) is 25.1. The maximum absolute atomic E-state index is 13.1. The number of urea groups is 1. The lowest BCUT2D eigenvalue weighted by Crippen LogP contribution is -2.50. The highest BCUT2D eigenvalue weighted by atomic mass is 16.5. The number of carboxylic acids is 1. The van der Waals surface area contributed by atoms with E-state index in [1.165, 1.54) is 24.8 Å². The summed E-state index contributed by atoms with van der Waals surface area (Å²) in [4.78, 5) is 26.0. The van der Waals surface area contributed by atoms with Crippen LogP contribution in [-0.2, 0) is 4.79 Å². The number of fused-ring (bicyclic) bond motifs is 1. The largest absolute Gasteiger partial charge is 0.487 e. The second-order valence-corrected chi connectivity index (χ2v) is 10.9. The lowest BCUT2D eigenvalue weighted by Gasteiger charge is -2.35. The van der Waals surface area contributed by atoms with E-state index in [0.29, 0.717) is 24.8 Å². The van der Waals surface area contributed by atoms with Crippen LogP contribution in [0, 0.1) is 5.92 Å². The van der Waals surface area contributed by atoms with Gasteiger partial charge in [-0.25, -0.2) is 4.79 Å². The zero-order valence-corrected chi connectivity index (χ0v) is 21.2. The Morgan fingerprint density at radius 3 is 2.33 bits per heavy atom.